The minimum Gasteiger partial charge on any atom is -0.396 e. The van der Waals surface area contributed by atoms with Crippen molar-refractivity contribution in [3.8, 4) is 0 Å². The summed E-state index contributed by atoms with van der Waals surface area (Å²) in [5.74, 6) is 0. The van der Waals surface area contributed by atoms with Crippen molar-refractivity contribution in [3.05, 3.63) is 18.0 Å². The lowest BCUT2D eigenvalue weighted by Crippen LogP contribution is -2.42. The molecule has 102 valence electrons. The van der Waals surface area contributed by atoms with E-state index in [4.69, 9.17) is 5.73 Å². The van der Waals surface area contributed by atoms with Crippen molar-refractivity contribution in [3.63, 3.8) is 0 Å². The molecule has 1 aromatic rings. The molecule has 0 aliphatic rings. The molecule has 1 heterocycles. The number of aliphatic hydroxyl groups excluding tert-OH is 1. The Morgan fingerprint density at radius 3 is 2.39 bits per heavy atom. The van der Waals surface area contributed by atoms with E-state index in [9.17, 15) is 18.3 Å². The van der Waals surface area contributed by atoms with Crippen molar-refractivity contribution in [2.24, 2.45) is 0 Å². The first-order chi connectivity index (χ1) is 8.04. The minimum atomic E-state index is -4.53. The van der Waals surface area contributed by atoms with Crippen LogP contribution in [0.2, 0.25) is 0 Å². The van der Waals surface area contributed by atoms with Crippen LogP contribution >= 0.6 is 0 Å². The van der Waals surface area contributed by atoms with E-state index < -0.39 is 23.5 Å². The SMILES string of the molecule is CC(O)C(C)(C)Nc1cc(C(F)(F)F)ncc1N. The maximum Gasteiger partial charge on any atom is 0.433 e. The highest BCUT2D eigenvalue weighted by molar-refractivity contribution is 5.66. The Morgan fingerprint density at radius 1 is 1.39 bits per heavy atom. The monoisotopic (exact) mass is 263 g/mol. The molecule has 0 amide bonds. The molecule has 0 aromatic carbocycles. The number of halogens is 3. The van der Waals surface area contributed by atoms with Crippen LogP contribution in [-0.2, 0) is 6.18 Å². The zero-order valence-corrected chi connectivity index (χ0v) is 10.3. The number of nitrogen functional groups attached to an aromatic ring is 1. The second kappa shape index (κ2) is 4.64. The van der Waals surface area contributed by atoms with Gasteiger partial charge < -0.3 is 16.2 Å². The Kier molecular flexibility index (Phi) is 3.75. The fraction of sp³-hybridized carbons (Fsp3) is 0.545. The molecule has 18 heavy (non-hydrogen) atoms. The van der Waals surface area contributed by atoms with Crippen LogP contribution < -0.4 is 11.1 Å². The Balaban J connectivity index is 3.10. The third kappa shape index (κ3) is 3.25. The molecule has 0 bridgehead atoms. The van der Waals surface area contributed by atoms with Gasteiger partial charge in [0.2, 0.25) is 0 Å². The van der Waals surface area contributed by atoms with Crippen molar-refractivity contribution < 1.29 is 18.3 Å². The van der Waals surface area contributed by atoms with E-state index in [-0.39, 0.29) is 11.4 Å². The summed E-state index contributed by atoms with van der Waals surface area (Å²) in [6.45, 7) is 4.85. The Hall–Kier alpha value is -1.50. The Labute approximate surface area is 103 Å². The summed E-state index contributed by atoms with van der Waals surface area (Å²) in [5, 5.41) is 12.3. The van der Waals surface area contributed by atoms with Gasteiger partial charge in [-0.15, -0.1) is 0 Å². The topological polar surface area (TPSA) is 71.2 Å². The lowest BCUT2D eigenvalue weighted by atomic mass is 9.98. The summed E-state index contributed by atoms with van der Waals surface area (Å²) in [6.07, 6.45) is -4.35. The molecule has 7 heteroatoms. The third-order valence-electron chi connectivity index (χ3n) is 2.73. The largest absolute Gasteiger partial charge is 0.433 e. The predicted molar refractivity (Wildman–Crippen MR) is 63.0 cm³/mol. The highest BCUT2D eigenvalue weighted by Gasteiger charge is 2.33. The highest BCUT2D eigenvalue weighted by Crippen LogP contribution is 2.32. The van der Waals surface area contributed by atoms with E-state index >= 15 is 0 Å². The summed E-state index contributed by atoms with van der Waals surface area (Å²) in [7, 11) is 0. The van der Waals surface area contributed by atoms with E-state index in [1.54, 1.807) is 13.8 Å². The molecular weight excluding hydrogens is 247 g/mol. The molecule has 4 N–H and O–H groups in total. The Bertz CT molecular complexity index is 430. The van der Waals surface area contributed by atoms with Crippen LogP contribution in [0.4, 0.5) is 24.5 Å². The van der Waals surface area contributed by atoms with Gasteiger partial charge in [-0.25, -0.2) is 4.98 Å². The summed E-state index contributed by atoms with van der Waals surface area (Å²) in [5.41, 5.74) is 3.93. The van der Waals surface area contributed by atoms with Crippen LogP contribution in [0.25, 0.3) is 0 Å². The molecule has 0 fully saturated rings. The normalized spacial score (nSPS) is 14.4. The average molecular weight is 263 g/mol. The molecule has 0 aliphatic carbocycles. The maximum atomic E-state index is 12.5. The van der Waals surface area contributed by atoms with Crippen molar-refractivity contribution in [1.29, 1.82) is 0 Å². The van der Waals surface area contributed by atoms with Gasteiger partial charge in [0.05, 0.1) is 29.2 Å². The molecule has 1 rings (SSSR count). The van der Waals surface area contributed by atoms with Gasteiger partial charge in [0.15, 0.2) is 0 Å². The van der Waals surface area contributed by atoms with Gasteiger partial charge in [0, 0.05) is 0 Å². The van der Waals surface area contributed by atoms with Gasteiger partial charge in [0.25, 0.3) is 0 Å². The van der Waals surface area contributed by atoms with Gasteiger partial charge >= 0.3 is 6.18 Å². The van der Waals surface area contributed by atoms with Gasteiger partial charge in [-0.05, 0) is 26.8 Å². The number of nitrogens with zero attached hydrogens (tertiary/aromatic N) is 1. The number of nitrogens with one attached hydrogen (secondary N) is 1. The van der Waals surface area contributed by atoms with Crippen molar-refractivity contribution in [1.82, 2.24) is 4.98 Å². The van der Waals surface area contributed by atoms with E-state index in [1.165, 1.54) is 6.92 Å². The van der Waals surface area contributed by atoms with Crippen molar-refractivity contribution >= 4 is 11.4 Å². The average Bonchev–Trinajstić information content (AvgIpc) is 2.19. The number of nitrogens with two attached hydrogens (primary N) is 1. The molecule has 0 radical (unpaired) electrons. The molecule has 1 aromatic heterocycles. The second-order valence-electron chi connectivity index (χ2n) is 4.68. The van der Waals surface area contributed by atoms with Crippen LogP contribution in [-0.4, -0.2) is 21.7 Å². The Morgan fingerprint density at radius 2 is 1.94 bits per heavy atom. The van der Waals surface area contributed by atoms with Crippen molar-refractivity contribution in [2.45, 2.75) is 38.6 Å². The van der Waals surface area contributed by atoms with E-state index in [0.29, 0.717) is 0 Å². The first-order valence-electron chi connectivity index (χ1n) is 5.33. The fourth-order valence-electron chi connectivity index (χ4n) is 1.18. The van der Waals surface area contributed by atoms with Crippen LogP contribution in [0, 0.1) is 0 Å². The molecule has 0 saturated carbocycles. The zero-order valence-electron chi connectivity index (χ0n) is 10.3. The molecule has 0 saturated heterocycles. The van der Waals surface area contributed by atoms with Gasteiger partial charge in [-0.1, -0.05) is 0 Å². The molecule has 1 atom stereocenters. The summed E-state index contributed by atoms with van der Waals surface area (Å²) in [4.78, 5) is 3.23. The molecular formula is C11H16F3N3O. The van der Waals surface area contributed by atoms with Gasteiger partial charge in [-0.2, -0.15) is 13.2 Å². The smallest absolute Gasteiger partial charge is 0.396 e. The number of rotatable bonds is 3. The number of anilines is 2. The predicted octanol–water partition coefficient (Wildman–Crippen LogP) is 2.25. The van der Waals surface area contributed by atoms with Gasteiger partial charge in [-0.3, -0.25) is 0 Å². The summed E-state index contributed by atoms with van der Waals surface area (Å²) < 4.78 is 37.5. The first-order valence-corrected chi connectivity index (χ1v) is 5.33. The number of aromatic nitrogens is 1. The molecule has 1 unspecified atom stereocenters. The highest BCUT2D eigenvalue weighted by atomic mass is 19.4. The second-order valence-corrected chi connectivity index (χ2v) is 4.68. The lowest BCUT2D eigenvalue weighted by Gasteiger charge is -2.31. The fourth-order valence-corrected chi connectivity index (χ4v) is 1.18. The number of alkyl halides is 3. The van der Waals surface area contributed by atoms with Crippen LogP contribution in [0.3, 0.4) is 0 Å². The van der Waals surface area contributed by atoms with Crippen LogP contribution in [0.5, 0.6) is 0 Å². The van der Waals surface area contributed by atoms with Gasteiger partial charge in [0.1, 0.15) is 5.69 Å². The number of hydrogen-bond donors (Lipinski definition) is 3. The quantitative estimate of drug-likeness (QED) is 0.782. The molecule has 0 spiro atoms. The summed E-state index contributed by atoms with van der Waals surface area (Å²) >= 11 is 0. The number of hydrogen-bond acceptors (Lipinski definition) is 4. The first kappa shape index (κ1) is 14.6. The summed E-state index contributed by atoms with van der Waals surface area (Å²) in [6, 6.07) is 0.833. The number of aliphatic hydroxyl groups is 1. The zero-order chi connectivity index (χ0) is 14.1. The molecule has 4 nitrogen and oxygen atoms in total. The lowest BCUT2D eigenvalue weighted by molar-refractivity contribution is -0.141. The number of pyridine rings is 1. The maximum absolute atomic E-state index is 12.5. The third-order valence-corrected chi connectivity index (χ3v) is 2.73. The van der Waals surface area contributed by atoms with Crippen LogP contribution in [0.15, 0.2) is 12.3 Å². The van der Waals surface area contributed by atoms with Crippen molar-refractivity contribution in [2.75, 3.05) is 11.1 Å². The van der Waals surface area contributed by atoms with E-state index in [1.807, 2.05) is 0 Å². The molecule has 0 aliphatic heterocycles. The van der Waals surface area contributed by atoms with E-state index in [0.717, 1.165) is 12.3 Å². The minimum absolute atomic E-state index is 0.0942. The standard InChI is InChI=1S/C11H16F3N3O/c1-6(18)10(2,3)17-8-4-9(11(12,13)14)16-5-7(8)15/h4-6,18H,15H2,1-3H3,(H,16,17). The van der Waals surface area contributed by atoms with Crippen LogP contribution in [0.1, 0.15) is 26.5 Å². The van der Waals surface area contributed by atoms with E-state index in [2.05, 4.69) is 10.3 Å².